The van der Waals surface area contributed by atoms with Crippen LogP contribution in [0.1, 0.15) is 32.3 Å². The lowest BCUT2D eigenvalue weighted by Gasteiger charge is -2.30. The Morgan fingerprint density at radius 1 is 1.35 bits per heavy atom. The molecule has 0 saturated heterocycles. The van der Waals surface area contributed by atoms with Crippen LogP contribution in [0.3, 0.4) is 0 Å². The van der Waals surface area contributed by atoms with E-state index in [1.165, 1.54) is 0 Å². The van der Waals surface area contributed by atoms with Gasteiger partial charge in [0.15, 0.2) is 0 Å². The maximum Gasteiger partial charge on any atom is 0.227 e. The summed E-state index contributed by atoms with van der Waals surface area (Å²) >= 11 is 0. The van der Waals surface area contributed by atoms with Crippen molar-refractivity contribution in [1.29, 1.82) is 0 Å². The van der Waals surface area contributed by atoms with Gasteiger partial charge in [-0.3, -0.25) is 4.79 Å². The van der Waals surface area contributed by atoms with Crippen LogP contribution in [0.5, 0.6) is 5.75 Å². The minimum absolute atomic E-state index is 0.136. The number of benzene rings is 1. The Morgan fingerprint density at radius 3 is 2.60 bits per heavy atom. The van der Waals surface area contributed by atoms with Gasteiger partial charge in [0.1, 0.15) is 5.75 Å². The molecule has 0 aliphatic rings. The number of hydrogen-bond acceptors (Lipinski definition) is 3. The lowest BCUT2D eigenvalue weighted by atomic mass is 10.1. The lowest BCUT2D eigenvalue weighted by Crippen LogP contribution is -2.43. The molecular formula is C16H26N2O2. The third-order valence-electron chi connectivity index (χ3n) is 3.56. The summed E-state index contributed by atoms with van der Waals surface area (Å²) in [6.07, 6.45) is 2.31. The minimum Gasteiger partial charge on any atom is -0.497 e. The molecule has 1 rings (SSSR count). The van der Waals surface area contributed by atoms with E-state index in [4.69, 9.17) is 10.5 Å². The zero-order valence-corrected chi connectivity index (χ0v) is 12.8. The first-order valence-corrected chi connectivity index (χ1v) is 7.28. The topological polar surface area (TPSA) is 55.6 Å². The molecule has 0 unspecified atom stereocenters. The quantitative estimate of drug-likeness (QED) is 0.793. The predicted octanol–water partition coefficient (Wildman–Crippen LogP) is 2.21. The molecule has 0 fully saturated rings. The highest BCUT2D eigenvalue weighted by Gasteiger charge is 2.20. The van der Waals surface area contributed by atoms with Gasteiger partial charge in [-0.25, -0.2) is 0 Å². The van der Waals surface area contributed by atoms with Crippen LogP contribution in [-0.2, 0) is 11.2 Å². The van der Waals surface area contributed by atoms with Gasteiger partial charge in [-0.15, -0.1) is 0 Å². The van der Waals surface area contributed by atoms with Gasteiger partial charge in [-0.05, 0) is 30.5 Å². The van der Waals surface area contributed by atoms with Crippen molar-refractivity contribution < 1.29 is 9.53 Å². The Morgan fingerprint density at radius 2 is 2.05 bits per heavy atom. The van der Waals surface area contributed by atoms with Crippen LogP contribution in [0.4, 0.5) is 0 Å². The largest absolute Gasteiger partial charge is 0.497 e. The van der Waals surface area contributed by atoms with Gasteiger partial charge in [-0.2, -0.15) is 0 Å². The number of carbonyl (C=O) groups excluding carboxylic acids is 1. The number of amides is 1. The number of methoxy groups -OCH3 is 1. The van der Waals surface area contributed by atoms with E-state index in [0.29, 0.717) is 19.5 Å². The van der Waals surface area contributed by atoms with E-state index in [-0.39, 0.29) is 11.9 Å². The third-order valence-corrected chi connectivity index (χ3v) is 3.56. The van der Waals surface area contributed by atoms with Gasteiger partial charge in [0.25, 0.3) is 0 Å². The van der Waals surface area contributed by atoms with Crippen molar-refractivity contribution in [2.45, 2.75) is 39.2 Å². The summed E-state index contributed by atoms with van der Waals surface area (Å²) in [5.74, 6) is 0.917. The van der Waals surface area contributed by atoms with E-state index < -0.39 is 0 Å². The van der Waals surface area contributed by atoms with Crippen molar-refractivity contribution in [2.75, 3.05) is 20.2 Å². The van der Waals surface area contributed by atoms with Gasteiger partial charge >= 0.3 is 0 Å². The first-order valence-electron chi connectivity index (χ1n) is 7.28. The second-order valence-corrected chi connectivity index (χ2v) is 4.87. The molecule has 4 heteroatoms. The molecule has 0 heterocycles. The van der Waals surface area contributed by atoms with Crippen molar-refractivity contribution in [3.05, 3.63) is 29.8 Å². The Labute approximate surface area is 121 Å². The van der Waals surface area contributed by atoms with Crippen LogP contribution in [0.25, 0.3) is 0 Å². The molecule has 20 heavy (non-hydrogen) atoms. The Balaban J connectivity index is 2.79. The smallest absolute Gasteiger partial charge is 0.227 e. The summed E-state index contributed by atoms with van der Waals surface area (Å²) in [5.41, 5.74) is 6.61. The molecule has 2 N–H and O–H groups in total. The second kappa shape index (κ2) is 8.59. The molecule has 0 saturated carbocycles. The molecule has 0 aliphatic carbocycles. The van der Waals surface area contributed by atoms with Gasteiger partial charge in [-0.1, -0.05) is 26.0 Å². The number of nitrogens with two attached hydrogens (primary N) is 1. The summed E-state index contributed by atoms with van der Waals surface area (Å²) < 4.78 is 5.19. The van der Waals surface area contributed by atoms with Gasteiger partial charge in [0.05, 0.1) is 13.5 Å². The Kier molecular flexibility index (Phi) is 7.09. The highest BCUT2D eigenvalue weighted by molar-refractivity contribution is 5.79. The molecule has 0 radical (unpaired) electrons. The summed E-state index contributed by atoms with van der Waals surface area (Å²) in [5, 5.41) is 0. The first-order chi connectivity index (χ1) is 9.65. The highest BCUT2D eigenvalue weighted by atomic mass is 16.5. The fourth-order valence-electron chi connectivity index (χ4n) is 2.44. The van der Waals surface area contributed by atoms with Crippen LogP contribution in [-0.4, -0.2) is 37.0 Å². The van der Waals surface area contributed by atoms with Crippen LogP contribution >= 0.6 is 0 Å². The molecule has 1 amide bonds. The fraction of sp³-hybridized carbons (Fsp3) is 0.562. The average molecular weight is 278 g/mol. The van der Waals surface area contributed by atoms with Gasteiger partial charge in [0, 0.05) is 19.1 Å². The molecule has 0 spiro atoms. The number of hydrogen-bond donors (Lipinski definition) is 1. The summed E-state index contributed by atoms with van der Waals surface area (Å²) in [4.78, 5) is 14.4. The number of ether oxygens (including phenoxy) is 1. The number of carbonyl (C=O) groups is 1. The van der Waals surface area contributed by atoms with E-state index in [9.17, 15) is 4.79 Å². The SMILES string of the molecule is CCC(CC)N(CCN)C(=O)Cc1cccc(OC)c1. The normalized spacial score (nSPS) is 10.7. The number of nitrogens with zero attached hydrogens (tertiary/aromatic N) is 1. The van der Waals surface area contributed by atoms with Crippen LogP contribution in [0.2, 0.25) is 0 Å². The highest BCUT2D eigenvalue weighted by Crippen LogP contribution is 2.15. The fourth-order valence-corrected chi connectivity index (χ4v) is 2.44. The number of rotatable bonds is 8. The maximum absolute atomic E-state index is 12.5. The van der Waals surface area contributed by atoms with Crippen LogP contribution in [0.15, 0.2) is 24.3 Å². The lowest BCUT2D eigenvalue weighted by molar-refractivity contribution is -0.132. The third kappa shape index (κ3) is 4.53. The molecule has 0 atom stereocenters. The molecule has 1 aromatic rings. The zero-order chi connectivity index (χ0) is 15.0. The van der Waals surface area contributed by atoms with E-state index in [0.717, 1.165) is 24.2 Å². The monoisotopic (exact) mass is 278 g/mol. The van der Waals surface area contributed by atoms with Crippen molar-refractivity contribution in [2.24, 2.45) is 5.73 Å². The standard InChI is InChI=1S/C16H26N2O2/c1-4-14(5-2)18(10-9-17)16(19)12-13-7-6-8-15(11-13)20-3/h6-8,11,14H,4-5,9-10,12,17H2,1-3H3. The molecule has 4 nitrogen and oxygen atoms in total. The van der Waals surface area contributed by atoms with Gasteiger partial charge < -0.3 is 15.4 Å². The van der Waals surface area contributed by atoms with Crippen molar-refractivity contribution in [3.8, 4) is 5.75 Å². The predicted molar refractivity (Wildman–Crippen MR) is 81.8 cm³/mol. The van der Waals surface area contributed by atoms with Crippen molar-refractivity contribution in [1.82, 2.24) is 4.90 Å². The Hall–Kier alpha value is -1.55. The molecule has 112 valence electrons. The van der Waals surface area contributed by atoms with E-state index in [1.54, 1.807) is 7.11 Å². The van der Waals surface area contributed by atoms with Gasteiger partial charge in [0.2, 0.25) is 5.91 Å². The summed E-state index contributed by atoms with van der Waals surface area (Å²) in [7, 11) is 1.63. The summed E-state index contributed by atoms with van der Waals surface area (Å²) in [6, 6.07) is 7.93. The van der Waals surface area contributed by atoms with Crippen LogP contribution < -0.4 is 10.5 Å². The Bertz CT molecular complexity index is 417. The van der Waals surface area contributed by atoms with E-state index in [1.807, 2.05) is 29.2 Å². The van der Waals surface area contributed by atoms with E-state index >= 15 is 0 Å². The average Bonchev–Trinajstić information content (AvgIpc) is 2.47. The molecule has 1 aromatic carbocycles. The van der Waals surface area contributed by atoms with Crippen molar-refractivity contribution in [3.63, 3.8) is 0 Å². The molecule has 0 aliphatic heterocycles. The van der Waals surface area contributed by atoms with E-state index in [2.05, 4.69) is 13.8 Å². The maximum atomic E-state index is 12.5. The van der Waals surface area contributed by atoms with Crippen molar-refractivity contribution >= 4 is 5.91 Å². The van der Waals surface area contributed by atoms with Crippen LogP contribution in [0, 0.1) is 0 Å². The summed E-state index contributed by atoms with van der Waals surface area (Å²) in [6.45, 7) is 5.34. The second-order valence-electron chi connectivity index (χ2n) is 4.87. The molecule has 0 aromatic heterocycles. The minimum atomic E-state index is 0.136. The molecular weight excluding hydrogens is 252 g/mol. The molecule has 0 bridgehead atoms. The zero-order valence-electron chi connectivity index (χ0n) is 12.8. The first kappa shape index (κ1) is 16.5.